The van der Waals surface area contributed by atoms with Crippen LogP contribution in [0.3, 0.4) is 0 Å². The molecule has 1 aliphatic heterocycles. The molecule has 0 aromatic heterocycles. The highest BCUT2D eigenvalue weighted by atomic mass is 16.5. The summed E-state index contributed by atoms with van der Waals surface area (Å²) >= 11 is 0. The molecule has 0 spiro atoms. The van der Waals surface area contributed by atoms with E-state index in [2.05, 4.69) is 45.0 Å². The normalized spacial score (nSPS) is 18.8. The van der Waals surface area contributed by atoms with Gasteiger partial charge in [-0.25, -0.2) is 0 Å². The maximum absolute atomic E-state index is 5.87. The Hall–Kier alpha value is -0.860. The Bertz CT molecular complexity index is 394. The van der Waals surface area contributed by atoms with E-state index in [1.165, 1.54) is 11.1 Å². The summed E-state index contributed by atoms with van der Waals surface area (Å²) in [6.45, 7) is 9.06. The van der Waals surface area contributed by atoms with Crippen LogP contribution in [0.5, 0.6) is 0 Å². The van der Waals surface area contributed by atoms with Crippen LogP contribution in [0.25, 0.3) is 0 Å². The zero-order valence-electron chi connectivity index (χ0n) is 11.1. The van der Waals surface area contributed by atoms with Crippen LogP contribution >= 0.6 is 0 Å². The van der Waals surface area contributed by atoms with Crippen molar-refractivity contribution in [3.8, 4) is 0 Å². The van der Waals surface area contributed by atoms with Gasteiger partial charge < -0.3 is 10.5 Å². The van der Waals surface area contributed by atoms with Crippen molar-refractivity contribution >= 4 is 0 Å². The number of ether oxygens (including phenoxy) is 1. The minimum atomic E-state index is 0.173. The quantitative estimate of drug-likeness (QED) is 0.867. The number of nitrogens with two attached hydrogens (primary N) is 1. The van der Waals surface area contributed by atoms with Crippen LogP contribution in [-0.2, 0) is 10.2 Å². The van der Waals surface area contributed by atoms with Gasteiger partial charge in [-0.1, -0.05) is 38.1 Å². The van der Waals surface area contributed by atoms with Crippen molar-refractivity contribution in [2.75, 3.05) is 19.8 Å². The first kappa shape index (κ1) is 12.6. The predicted octanol–water partition coefficient (Wildman–Crippen LogP) is 2.64. The standard InChI is InChI=1S/C15H23NO/c1-12-6-4-5-7-13(12)15(10-17-11-15)8-14(2,3)9-16/h4-7H,8-11,16H2,1-3H3. The maximum atomic E-state index is 5.87. The summed E-state index contributed by atoms with van der Waals surface area (Å²) in [7, 11) is 0. The Labute approximate surface area is 104 Å². The molecule has 0 amide bonds. The average molecular weight is 233 g/mol. The molecule has 94 valence electrons. The lowest BCUT2D eigenvalue weighted by Crippen LogP contribution is -2.50. The number of benzene rings is 1. The fraction of sp³-hybridized carbons (Fsp3) is 0.600. The van der Waals surface area contributed by atoms with Gasteiger partial charge in [-0.15, -0.1) is 0 Å². The molecule has 0 unspecified atom stereocenters. The highest BCUT2D eigenvalue weighted by Crippen LogP contribution is 2.43. The van der Waals surface area contributed by atoms with E-state index in [9.17, 15) is 0 Å². The lowest BCUT2D eigenvalue weighted by molar-refractivity contribution is -0.0789. The van der Waals surface area contributed by atoms with Gasteiger partial charge in [0.05, 0.1) is 13.2 Å². The largest absolute Gasteiger partial charge is 0.379 e. The van der Waals surface area contributed by atoms with Gasteiger partial charge in [0.2, 0.25) is 0 Å². The van der Waals surface area contributed by atoms with E-state index < -0.39 is 0 Å². The van der Waals surface area contributed by atoms with Gasteiger partial charge in [0.1, 0.15) is 0 Å². The molecule has 0 atom stereocenters. The molecule has 1 aromatic rings. The van der Waals surface area contributed by atoms with E-state index in [0.29, 0.717) is 0 Å². The van der Waals surface area contributed by atoms with Crippen molar-refractivity contribution in [1.82, 2.24) is 0 Å². The van der Waals surface area contributed by atoms with Crippen LogP contribution in [0.4, 0.5) is 0 Å². The van der Waals surface area contributed by atoms with E-state index in [-0.39, 0.29) is 10.8 Å². The minimum absolute atomic E-state index is 0.173. The molecule has 1 heterocycles. The van der Waals surface area contributed by atoms with Crippen molar-refractivity contribution in [3.05, 3.63) is 35.4 Å². The monoisotopic (exact) mass is 233 g/mol. The molecular weight excluding hydrogens is 210 g/mol. The Balaban J connectivity index is 2.29. The average Bonchev–Trinajstić information content (AvgIpc) is 2.25. The smallest absolute Gasteiger partial charge is 0.0585 e. The Morgan fingerprint density at radius 3 is 2.41 bits per heavy atom. The van der Waals surface area contributed by atoms with Gasteiger partial charge in [-0.2, -0.15) is 0 Å². The summed E-state index contributed by atoms with van der Waals surface area (Å²) in [4.78, 5) is 0. The van der Waals surface area contributed by atoms with Gasteiger partial charge in [-0.3, -0.25) is 0 Å². The summed E-state index contributed by atoms with van der Waals surface area (Å²) < 4.78 is 5.50. The molecule has 17 heavy (non-hydrogen) atoms. The predicted molar refractivity (Wildman–Crippen MR) is 71.1 cm³/mol. The molecule has 0 saturated carbocycles. The van der Waals surface area contributed by atoms with Gasteiger partial charge in [0, 0.05) is 5.41 Å². The fourth-order valence-electron chi connectivity index (χ4n) is 2.86. The van der Waals surface area contributed by atoms with E-state index >= 15 is 0 Å². The molecule has 1 saturated heterocycles. The zero-order chi connectivity index (χ0) is 12.5. The van der Waals surface area contributed by atoms with Crippen LogP contribution in [0.1, 0.15) is 31.4 Å². The topological polar surface area (TPSA) is 35.2 Å². The molecule has 2 rings (SSSR count). The Morgan fingerprint density at radius 1 is 1.29 bits per heavy atom. The van der Waals surface area contributed by atoms with Crippen LogP contribution in [0, 0.1) is 12.3 Å². The van der Waals surface area contributed by atoms with Crippen LogP contribution in [0.2, 0.25) is 0 Å². The van der Waals surface area contributed by atoms with E-state index in [1.807, 2.05) is 0 Å². The lowest BCUT2D eigenvalue weighted by atomic mass is 9.67. The van der Waals surface area contributed by atoms with Crippen molar-refractivity contribution in [1.29, 1.82) is 0 Å². The lowest BCUT2D eigenvalue weighted by Gasteiger charge is -2.47. The van der Waals surface area contributed by atoms with Gasteiger partial charge in [0.15, 0.2) is 0 Å². The number of rotatable bonds is 4. The molecule has 0 bridgehead atoms. The third kappa shape index (κ3) is 2.38. The van der Waals surface area contributed by atoms with Crippen LogP contribution < -0.4 is 5.73 Å². The summed E-state index contributed by atoms with van der Waals surface area (Å²) in [5.74, 6) is 0. The number of hydrogen-bond acceptors (Lipinski definition) is 2. The van der Waals surface area contributed by atoms with Gasteiger partial charge in [-0.05, 0) is 36.4 Å². The minimum Gasteiger partial charge on any atom is -0.379 e. The third-order valence-corrected chi connectivity index (χ3v) is 3.84. The van der Waals surface area contributed by atoms with Crippen molar-refractivity contribution in [2.24, 2.45) is 11.1 Å². The molecule has 0 aliphatic carbocycles. The second-order valence-corrected chi connectivity index (χ2v) is 6.13. The van der Waals surface area contributed by atoms with E-state index in [1.54, 1.807) is 0 Å². The Kier molecular flexibility index (Phi) is 3.28. The maximum Gasteiger partial charge on any atom is 0.0585 e. The molecule has 2 N–H and O–H groups in total. The molecule has 1 aliphatic rings. The molecule has 0 radical (unpaired) electrons. The number of hydrogen-bond donors (Lipinski definition) is 1. The highest BCUT2D eigenvalue weighted by molar-refractivity contribution is 5.35. The fourth-order valence-corrected chi connectivity index (χ4v) is 2.86. The molecule has 1 aromatic carbocycles. The summed E-state index contributed by atoms with van der Waals surface area (Å²) in [5.41, 5.74) is 9.03. The van der Waals surface area contributed by atoms with Gasteiger partial charge >= 0.3 is 0 Å². The van der Waals surface area contributed by atoms with Crippen molar-refractivity contribution < 1.29 is 4.74 Å². The van der Waals surface area contributed by atoms with Crippen molar-refractivity contribution in [3.63, 3.8) is 0 Å². The first-order valence-corrected chi connectivity index (χ1v) is 6.33. The molecule has 2 nitrogen and oxygen atoms in total. The van der Waals surface area contributed by atoms with Crippen molar-refractivity contribution in [2.45, 2.75) is 32.6 Å². The van der Waals surface area contributed by atoms with E-state index in [0.717, 1.165) is 26.2 Å². The third-order valence-electron chi connectivity index (χ3n) is 3.84. The highest BCUT2D eigenvalue weighted by Gasteiger charge is 2.44. The summed E-state index contributed by atoms with van der Waals surface area (Å²) in [6, 6.07) is 8.65. The first-order valence-electron chi connectivity index (χ1n) is 6.33. The molecular formula is C15H23NO. The van der Waals surface area contributed by atoms with Crippen LogP contribution in [0.15, 0.2) is 24.3 Å². The zero-order valence-corrected chi connectivity index (χ0v) is 11.1. The van der Waals surface area contributed by atoms with Crippen LogP contribution in [-0.4, -0.2) is 19.8 Å². The molecule has 2 heteroatoms. The first-order chi connectivity index (χ1) is 7.99. The second-order valence-electron chi connectivity index (χ2n) is 6.13. The summed E-state index contributed by atoms with van der Waals surface area (Å²) in [6.07, 6.45) is 1.10. The van der Waals surface area contributed by atoms with Gasteiger partial charge in [0.25, 0.3) is 0 Å². The Morgan fingerprint density at radius 2 is 1.94 bits per heavy atom. The second kappa shape index (κ2) is 4.43. The SMILES string of the molecule is Cc1ccccc1C1(CC(C)(C)CN)COC1. The van der Waals surface area contributed by atoms with E-state index in [4.69, 9.17) is 10.5 Å². The summed E-state index contributed by atoms with van der Waals surface area (Å²) in [5, 5.41) is 0. The number of aryl methyl sites for hydroxylation is 1. The molecule has 1 fully saturated rings.